The molecule has 0 saturated heterocycles. The van der Waals surface area contributed by atoms with Gasteiger partial charge in [0.2, 0.25) is 0 Å². The predicted molar refractivity (Wildman–Crippen MR) is 202 cm³/mol. The maximum Gasteiger partial charge on any atom is 0.342 e. The first-order valence-corrected chi connectivity index (χ1v) is 18.5. The number of phenolic OH excluding ortho intramolecular Hbond substituents is 1. The highest BCUT2D eigenvalue weighted by molar-refractivity contribution is 14.1. The van der Waals surface area contributed by atoms with E-state index in [0.29, 0.717) is 36.4 Å². The van der Waals surface area contributed by atoms with Gasteiger partial charge in [-0.1, -0.05) is 6.92 Å². The zero-order valence-corrected chi connectivity index (χ0v) is 33.4. The summed E-state index contributed by atoms with van der Waals surface area (Å²) >= 11 is 3.77. The van der Waals surface area contributed by atoms with Crippen LogP contribution >= 0.6 is 45.2 Å². The zero-order valence-electron chi connectivity index (χ0n) is 29.1. The van der Waals surface area contributed by atoms with Crippen LogP contribution in [0.5, 0.6) is 5.75 Å². The van der Waals surface area contributed by atoms with Gasteiger partial charge < -0.3 is 29.5 Å². The number of rotatable bonds is 19. The molecule has 1 atom stereocenters. The van der Waals surface area contributed by atoms with Crippen molar-refractivity contribution in [2.24, 2.45) is 0 Å². The lowest BCUT2D eigenvalue weighted by molar-refractivity contribution is -0.146. The van der Waals surface area contributed by atoms with Crippen molar-refractivity contribution in [1.29, 1.82) is 0 Å². The van der Waals surface area contributed by atoms with Gasteiger partial charge in [-0.2, -0.15) is 0 Å². The molecule has 3 aromatic rings. The Bertz CT molecular complexity index is 2230. The number of aliphatic hydroxyl groups excluding tert-OH is 2. The van der Waals surface area contributed by atoms with Crippen LogP contribution in [0, 0.1) is 7.14 Å². The Labute approximate surface area is 331 Å². The van der Waals surface area contributed by atoms with E-state index in [1.165, 1.54) is 13.0 Å². The number of hydrogen-bond donors (Lipinski definition) is 3. The number of hydrogen-bond acceptors (Lipinski definition) is 15. The Morgan fingerprint density at radius 2 is 1.09 bits per heavy atom. The third kappa shape index (κ3) is 11.1. The molecule has 1 unspecified atom stereocenters. The molecule has 2 heterocycles. The van der Waals surface area contributed by atoms with Crippen molar-refractivity contribution in [2.45, 2.75) is 78.5 Å². The summed E-state index contributed by atoms with van der Waals surface area (Å²) in [5, 5.41) is 28.9. The van der Waals surface area contributed by atoms with Crippen LogP contribution in [0.1, 0.15) is 43.5 Å². The predicted octanol–water partition coefficient (Wildman–Crippen LogP) is -2.22. The monoisotopic (exact) mass is 988 g/mol. The Morgan fingerprint density at radius 3 is 1.56 bits per heavy atom. The van der Waals surface area contributed by atoms with E-state index in [2.05, 4.69) is 0 Å². The first-order chi connectivity index (χ1) is 25.5. The Morgan fingerprint density at radius 1 is 0.667 bits per heavy atom. The van der Waals surface area contributed by atoms with Crippen LogP contribution in [0.25, 0.3) is 0 Å². The third-order valence-corrected chi connectivity index (χ3v) is 8.93. The molecule has 0 spiro atoms. The number of esters is 3. The minimum absolute atomic E-state index is 0.0720. The highest BCUT2D eigenvalue weighted by Gasteiger charge is 2.21. The van der Waals surface area contributed by atoms with E-state index >= 15 is 0 Å². The fourth-order valence-corrected chi connectivity index (χ4v) is 6.73. The first kappa shape index (κ1) is 44.0. The summed E-state index contributed by atoms with van der Waals surface area (Å²) in [5.74, 6) is -3.03. The average Bonchev–Trinajstić information content (AvgIpc) is 3.11. The number of benzene rings is 1. The molecule has 2 aromatic heterocycles. The molecule has 0 aliphatic heterocycles. The van der Waals surface area contributed by atoms with Gasteiger partial charge in [0, 0.05) is 23.2 Å². The van der Waals surface area contributed by atoms with E-state index in [4.69, 9.17) is 14.2 Å². The molecule has 0 fully saturated rings. The van der Waals surface area contributed by atoms with Gasteiger partial charge in [-0.25, -0.2) is 61.0 Å². The van der Waals surface area contributed by atoms with E-state index in [1.54, 1.807) is 13.0 Å². The number of carbonyl (C=O) groups excluding carboxylic acids is 3. The molecule has 54 heavy (non-hydrogen) atoms. The number of aromatic hydroxyl groups is 1. The molecule has 3 N–H and O–H groups in total. The maximum atomic E-state index is 13.2. The van der Waals surface area contributed by atoms with Gasteiger partial charge in [0.25, 0.3) is 0 Å². The molecule has 296 valence electrons. The van der Waals surface area contributed by atoms with E-state index in [9.17, 15) is 58.5 Å². The summed E-state index contributed by atoms with van der Waals surface area (Å²) in [7, 11) is 0. The third-order valence-electron chi connectivity index (χ3n) is 7.48. The molecule has 0 amide bonds. The summed E-state index contributed by atoms with van der Waals surface area (Å²) in [6.45, 7) is -1.65. The zero-order chi connectivity index (χ0) is 40.3. The van der Waals surface area contributed by atoms with Gasteiger partial charge in [-0.3, -0.25) is 9.59 Å². The number of aromatic nitrogens is 6. The van der Waals surface area contributed by atoms with Crippen LogP contribution in [-0.4, -0.2) is 93.2 Å². The minimum Gasteiger partial charge on any atom is -0.506 e. The fourth-order valence-electron chi connectivity index (χ4n) is 4.88. The summed E-state index contributed by atoms with van der Waals surface area (Å²) in [5.41, 5.74) is -6.57. The van der Waals surface area contributed by atoms with Crippen molar-refractivity contribution >= 4 is 63.1 Å². The molecule has 0 saturated carbocycles. The van der Waals surface area contributed by atoms with E-state index in [-0.39, 0.29) is 24.5 Å². The van der Waals surface area contributed by atoms with Crippen LogP contribution < -0.4 is 34.1 Å². The largest absolute Gasteiger partial charge is 0.506 e. The van der Waals surface area contributed by atoms with Crippen molar-refractivity contribution in [3.63, 3.8) is 0 Å². The molecule has 0 radical (unpaired) electrons. The van der Waals surface area contributed by atoms with Gasteiger partial charge in [-0.05, 0) is 70.7 Å². The fraction of sp³-hybridized carbons (Fsp3) is 0.516. The normalized spacial score (nSPS) is 11.7. The van der Waals surface area contributed by atoms with Crippen LogP contribution in [0.15, 0.2) is 40.9 Å². The maximum absolute atomic E-state index is 13.2. The van der Waals surface area contributed by atoms with Gasteiger partial charge in [0.05, 0.1) is 48.8 Å². The second-order valence-electron chi connectivity index (χ2n) is 11.5. The molecule has 1 aromatic carbocycles. The summed E-state index contributed by atoms with van der Waals surface area (Å²) in [6.07, 6.45) is -1.60. The number of ether oxygens (including phenoxy) is 3. The van der Waals surface area contributed by atoms with E-state index in [0.717, 1.165) is 4.57 Å². The first-order valence-electron chi connectivity index (χ1n) is 16.4. The van der Waals surface area contributed by atoms with E-state index < -0.39 is 124 Å². The molecule has 0 aliphatic carbocycles. The number of phenols is 1. The summed E-state index contributed by atoms with van der Waals surface area (Å²) in [4.78, 5) is 115. The lowest BCUT2D eigenvalue weighted by Crippen LogP contribution is -2.55. The van der Waals surface area contributed by atoms with Crippen LogP contribution in [0.3, 0.4) is 0 Å². The number of nitrogens with zero attached hydrogens (tertiary/aromatic N) is 6. The summed E-state index contributed by atoms with van der Waals surface area (Å²) in [6, 6.07) is 3.00. The topological polar surface area (TPSA) is 272 Å². The smallest absolute Gasteiger partial charge is 0.342 e. The van der Waals surface area contributed by atoms with Crippen LogP contribution in [-0.2, 0) is 63.1 Å². The molecule has 21 nitrogen and oxygen atoms in total. The van der Waals surface area contributed by atoms with E-state index in [1.807, 2.05) is 45.2 Å². The molecule has 0 aliphatic rings. The van der Waals surface area contributed by atoms with Crippen LogP contribution in [0.4, 0.5) is 0 Å². The van der Waals surface area contributed by atoms with Gasteiger partial charge >= 0.3 is 52.0 Å². The average molecular weight is 988 g/mol. The Hall–Kier alpha value is -4.37. The highest BCUT2D eigenvalue weighted by atomic mass is 127. The Balaban J connectivity index is 1.74. The highest BCUT2D eigenvalue weighted by Crippen LogP contribution is 2.27. The van der Waals surface area contributed by atoms with Gasteiger partial charge in [0.1, 0.15) is 31.1 Å². The van der Waals surface area contributed by atoms with Crippen molar-refractivity contribution in [1.82, 2.24) is 27.4 Å². The number of halogens is 2. The quantitative estimate of drug-likeness (QED) is 0.0652. The lowest BCUT2D eigenvalue weighted by Gasteiger charge is -2.15. The molecule has 23 heteroatoms. The number of aliphatic hydroxyl groups is 2. The van der Waals surface area contributed by atoms with Crippen molar-refractivity contribution in [3.8, 4) is 5.75 Å². The molecule has 3 rings (SSSR count). The second kappa shape index (κ2) is 20.3. The number of carbonyl (C=O) groups is 3. The van der Waals surface area contributed by atoms with Crippen LogP contribution in [0.2, 0.25) is 0 Å². The van der Waals surface area contributed by atoms with Crippen molar-refractivity contribution in [3.05, 3.63) is 87.7 Å². The molecular weight excluding hydrogens is 950 g/mol. The van der Waals surface area contributed by atoms with Gasteiger partial charge in [-0.15, -0.1) is 0 Å². The second-order valence-corrected chi connectivity index (χ2v) is 13.9. The SMILES string of the molecule is CCCn1c(=O)n(CCC(=O)OCCn2c(=O)n(CCO)c(=O)n(CCOC(=O)c3cc(I)cc(I)c3O)c2=O)c(=O)n(CCC(=O)OCC(C)O)c1=O. The van der Waals surface area contributed by atoms with Gasteiger partial charge in [0.15, 0.2) is 0 Å². The van der Waals surface area contributed by atoms with Crippen molar-refractivity contribution in [2.75, 3.05) is 26.4 Å². The Kier molecular flexibility index (Phi) is 16.6. The standard InChI is InChI=1S/C31H38I2N6O15/c1-3-6-34-26(46)35(28(48)36(27(34)47)8-5-23(43)54-17-18(2)41)7-4-22(42)52-13-10-38-29(49)37(9-12-40)30(50)39(31(38)51)11-14-53-25(45)20-15-19(32)16-21(33)24(20)44/h15-16,18,40-41,44H,3-14,17H2,1-2H3. The van der Waals surface area contributed by atoms with Crippen molar-refractivity contribution < 1.29 is 43.9 Å². The summed E-state index contributed by atoms with van der Waals surface area (Å²) < 4.78 is 19.9. The molecule has 0 bridgehead atoms. The minimum atomic E-state index is -1.14. The molecular formula is C31H38I2N6O15. The lowest BCUT2D eigenvalue weighted by atomic mass is 10.2.